The van der Waals surface area contributed by atoms with Crippen LogP contribution in [0.5, 0.6) is 0 Å². The molecule has 1 aliphatic heterocycles. The van der Waals surface area contributed by atoms with Gasteiger partial charge in [0, 0.05) is 19.3 Å². The molecule has 1 aromatic rings. The number of pyridine rings is 1. The maximum absolute atomic E-state index is 11.0. The number of nitrogens with two attached hydrogens (primary N) is 2. The molecular formula is C11H14N4O3. The van der Waals surface area contributed by atoms with Crippen LogP contribution in [0.2, 0.25) is 0 Å². The molecule has 1 saturated heterocycles. The monoisotopic (exact) mass is 250 g/mol. The van der Waals surface area contributed by atoms with Gasteiger partial charge in [-0.25, -0.2) is 4.98 Å². The summed E-state index contributed by atoms with van der Waals surface area (Å²) in [5, 5.41) is 9.02. The second-order valence-corrected chi connectivity index (χ2v) is 4.40. The third-order valence-electron chi connectivity index (χ3n) is 3.08. The van der Waals surface area contributed by atoms with Gasteiger partial charge in [0.05, 0.1) is 5.56 Å². The zero-order valence-electron chi connectivity index (χ0n) is 9.67. The summed E-state index contributed by atoms with van der Waals surface area (Å²) in [4.78, 5) is 27.8. The first-order valence-electron chi connectivity index (χ1n) is 5.45. The summed E-state index contributed by atoms with van der Waals surface area (Å²) in [5.41, 5.74) is 9.96. The summed E-state index contributed by atoms with van der Waals surface area (Å²) in [6, 6.07) is 3.19. The van der Waals surface area contributed by atoms with Crippen LogP contribution in [0.4, 0.5) is 5.82 Å². The topological polar surface area (TPSA) is 123 Å². The van der Waals surface area contributed by atoms with Gasteiger partial charge in [0.1, 0.15) is 11.4 Å². The van der Waals surface area contributed by atoms with Gasteiger partial charge >= 0.3 is 5.97 Å². The van der Waals surface area contributed by atoms with E-state index in [-0.39, 0.29) is 6.54 Å². The number of amides is 1. The molecule has 0 saturated carbocycles. The van der Waals surface area contributed by atoms with Crippen molar-refractivity contribution in [2.24, 2.45) is 11.5 Å². The van der Waals surface area contributed by atoms with E-state index in [1.54, 1.807) is 17.0 Å². The Hall–Kier alpha value is -2.15. The summed E-state index contributed by atoms with van der Waals surface area (Å²) >= 11 is 0. The summed E-state index contributed by atoms with van der Waals surface area (Å²) in [6.45, 7) is 0.719. The number of rotatable bonds is 3. The Balaban J connectivity index is 2.15. The molecule has 1 amide bonds. The van der Waals surface area contributed by atoms with E-state index in [9.17, 15) is 9.59 Å². The highest BCUT2D eigenvalue weighted by Gasteiger charge is 2.41. The van der Waals surface area contributed by atoms with Gasteiger partial charge < -0.3 is 21.5 Å². The zero-order valence-corrected chi connectivity index (χ0v) is 9.67. The lowest BCUT2D eigenvalue weighted by molar-refractivity contribution is -0.142. The first-order valence-corrected chi connectivity index (χ1v) is 5.45. The third kappa shape index (κ3) is 2.12. The Labute approximate surface area is 103 Å². The molecule has 7 nitrogen and oxygen atoms in total. The van der Waals surface area contributed by atoms with E-state index in [2.05, 4.69) is 4.98 Å². The van der Waals surface area contributed by atoms with Crippen LogP contribution < -0.4 is 16.4 Å². The van der Waals surface area contributed by atoms with E-state index in [0.29, 0.717) is 24.3 Å². The van der Waals surface area contributed by atoms with Gasteiger partial charge in [-0.2, -0.15) is 0 Å². The molecule has 1 fully saturated rings. The third-order valence-corrected chi connectivity index (χ3v) is 3.08. The Morgan fingerprint density at radius 3 is 2.61 bits per heavy atom. The fourth-order valence-corrected chi connectivity index (χ4v) is 1.92. The number of aliphatic carboxylic acids is 1. The van der Waals surface area contributed by atoms with Crippen LogP contribution in [0, 0.1) is 0 Å². The number of primary amides is 1. The number of hydrogen-bond acceptors (Lipinski definition) is 5. The van der Waals surface area contributed by atoms with Crippen molar-refractivity contribution in [1.82, 2.24) is 4.98 Å². The van der Waals surface area contributed by atoms with E-state index in [1.165, 1.54) is 6.20 Å². The van der Waals surface area contributed by atoms with Gasteiger partial charge in [-0.05, 0) is 18.6 Å². The molecular weight excluding hydrogens is 236 g/mol. The van der Waals surface area contributed by atoms with Crippen molar-refractivity contribution >= 4 is 17.7 Å². The summed E-state index contributed by atoms with van der Waals surface area (Å²) < 4.78 is 0. The fraction of sp³-hybridized carbons (Fsp3) is 0.364. The lowest BCUT2D eigenvalue weighted by atomic mass is 10.0. The normalized spacial score (nSPS) is 23.1. The minimum Gasteiger partial charge on any atom is -0.480 e. The number of nitrogens with zero attached hydrogens (tertiary/aromatic N) is 2. The first kappa shape index (κ1) is 12.3. The van der Waals surface area contributed by atoms with Crippen LogP contribution in [-0.2, 0) is 4.79 Å². The molecule has 18 heavy (non-hydrogen) atoms. The standard InChI is InChI=1S/C11H14N4O3/c12-9(16)7-1-2-8(14-5-7)15-4-3-11(13,6-15)10(17)18/h1-2,5H,3-4,6,13H2,(H2,12,16)(H,17,18). The van der Waals surface area contributed by atoms with Crippen LogP contribution in [0.25, 0.3) is 0 Å². The van der Waals surface area contributed by atoms with E-state index in [4.69, 9.17) is 16.6 Å². The molecule has 1 aromatic heterocycles. The van der Waals surface area contributed by atoms with Crippen LogP contribution in [-0.4, -0.2) is 40.6 Å². The van der Waals surface area contributed by atoms with Crippen molar-refractivity contribution in [2.75, 3.05) is 18.0 Å². The van der Waals surface area contributed by atoms with Gasteiger partial charge in [-0.15, -0.1) is 0 Å². The lowest BCUT2D eigenvalue weighted by Gasteiger charge is -2.20. The number of aromatic nitrogens is 1. The van der Waals surface area contributed by atoms with Gasteiger partial charge in [0.15, 0.2) is 0 Å². The van der Waals surface area contributed by atoms with Crippen molar-refractivity contribution in [3.8, 4) is 0 Å². The predicted octanol–water partition coefficient (Wildman–Crippen LogP) is -0.827. The molecule has 0 radical (unpaired) electrons. The first-order chi connectivity index (χ1) is 8.42. The van der Waals surface area contributed by atoms with Gasteiger partial charge in [0.25, 0.3) is 0 Å². The molecule has 2 heterocycles. The number of carbonyl (C=O) groups is 2. The van der Waals surface area contributed by atoms with E-state index in [0.717, 1.165) is 0 Å². The molecule has 1 unspecified atom stereocenters. The second kappa shape index (κ2) is 4.26. The highest BCUT2D eigenvalue weighted by atomic mass is 16.4. The molecule has 1 aliphatic rings. The number of carboxylic acids is 1. The van der Waals surface area contributed by atoms with Crippen molar-refractivity contribution in [2.45, 2.75) is 12.0 Å². The van der Waals surface area contributed by atoms with Gasteiger partial charge in [-0.1, -0.05) is 0 Å². The van der Waals surface area contributed by atoms with Gasteiger partial charge in [0.2, 0.25) is 5.91 Å². The fourth-order valence-electron chi connectivity index (χ4n) is 1.92. The summed E-state index contributed by atoms with van der Waals surface area (Å²) in [7, 11) is 0. The summed E-state index contributed by atoms with van der Waals surface area (Å²) in [6.07, 6.45) is 1.73. The number of carboxylic acid groups (broad SMARTS) is 1. The van der Waals surface area contributed by atoms with E-state index < -0.39 is 17.4 Å². The SMILES string of the molecule is NC(=O)c1ccc(N2CCC(N)(C(=O)O)C2)nc1. The minimum absolute atomic E-state index is 0.200. The Morgan fingerprint density at radius 1 is 1.44 bits per heavy atom. The summed E-state index contributed by atoms with van der Waals surface area (Å²) in [5.74, 6) is -0.971. The van der Waals surface area contributed by atoms with Crippen molar-refractivity contribution in [1.29, 1.82) is 0 Å². The predicted molar refractivity (Wildman–Crippen MR) is 64.1 cm³/mol. The Bertz CT molecular complexity index is 488. The number of carbonyl (C=O) groups excluding carboxylic acids is 1. The zero-order chi connectivity index (χ0) is 13.3. The molecule has 0 aromatic carbocycles. The molecule has 1 atom stereocenters. The molecule has 5 N–H and O–H groups in total. The molecule has 0 spiro atoms. The van der Waals surface area contributed by atoms with Gasteiger partial charge in [-0.3, -0.25) is 9.59 Å². The highest BCUT2D eigenvalue weighted by Crippen LogP contribution is 2.23. The highest BCUT2D eigenvalue weighted by molar-refractivity contribution is 5.92. The average Bonchev–Trinajstić information content (AvgIpc) is 2.73. The van der Waals surface area contributed by atoms with Crippen molar-refractivity contribution < 1.29 is 14.7 Å². The van der Waals surface area contributed by atoms with Crippen LogP contribution in [0.1, 0.15) is 16.8 Å². The maximum atomic E-state index is 11.0. The van der Waals surface area contributed by atoms with Crippen LogP contribution >= 0.6 is 0 Å². The average molecular weight is 250 g/mol. The quantitative estimate of drug-likeness (QED) is 0.643. The van der Waals surface area contributed by atoms with Crippen LogP contribution in [0.15, 0.2) is 18.3 Å². The van der Waals surface area contributed by atoms with Crippen molar-refractivity contribution in [3.63, 3.8) is 0 Å². The van der Waals surface area contributed by atoms with Crippen molar-refractivity contribution in [3.05, 3.63) is 23.9 Å². The Kier molecular flexibility index (Phi) is 2.92. The smallest absolute Gasteiger partial charge is 0.325 e. The van der Waals surface area contributed by atoms with Crippen LogP contribution in [0.3, 0.4) is 0 Å². The van der Waals surface area contributed by atoms with E-state index in [1.807, 2.05) is 0 Å². The number of anilines is 1. The number of hydrogen-bond donors (Lipinski definition) is 3. The molecule has 2 rings (SSSR count). The molecule has 0 bridgehead atoms. The molecule has 7 heteroatoms. The maximum Gasteiger partial charge on any atom is 0.325 e. The Morgan fingerprint density at radius 2 is 2.17 bits per heavy atom. The van der Waals surface area contributed by atoms with E-state index >= 15 is 0 Å². The lowest BCUT2D eigenvalue weighted by Crippen LogP contribution is -2.50. The molecule has 0 aliphatic carbocycles. The largest absolute Gasteiger partial charge is 0.480 e. The second-order valence-electron chi connectivity index (χ2n) is 4.40. The molecule has 96 valence electrons. The minimum atomic E-state index is -1.23.